The van der Waals surface area contributed by atoms with E-state index in [0.717, 1.165) is 52.0 Å². The number of morpholine rings is 1. The summed E-state index contributed by atoms with van der Waals surface area (Å²) in [5.74, 6) is 1.38. The van der Waals surface area contributed by atoms with E-state index in [9.17, 15) is 9.59 Å². The number of carbonyl (C=O) groups is 2. The van der Waals surface area contributed by atoms with Gasteiger partial charge in [0.25, 0.3) is 0 Å². The number of aromatic amines is 1. The third-order valence-corrected chi connectivity index (χ3v) is 6.54. The molecule has 1 aromatic carbocycles. The van der Waals surface area contributed by atoms with Crippen LogP contribution in [0.25, 0.3) is 27.8 Å². The number of rotatable bonds is 11. The molecule has 0 spiro atoms. The second kappa shape index (κ2) is 12.2. The number of ether oxygens (including phenoxy) is 1. The highest BCUT2D eigenvalue weighted by Crippen LogP contribution is 2.29. The molecule has 0 bridgehead atoms. The Morgan fingerprint density at radius 1 is 1.15 bits per heavy atom. The molecule has 1 saturated heterocycles. The van der Waals surface area contributed by atoms with Crippen LogP contribution < -0.4 is 15.5 Å². The summed E-state index contributed by atoms with van der Waals surface area (Å²) in [4.78, 5) is 31.0. The third kappa shape index (κ3) is 6.50. The van der Waals surface area contributed by atoms with Crippen LogP contribution in [0.5, 0.6) is 0 Å². The first-order chi connectivity index (χ1) is 19.0. The van der Waals surface area contributed by atoms with E-state index in [4.69, 9.17) is 14.8 Å². The number of amides is 1. The number of nitrogens with one attached hydrogen (secondary N) is 3. The fourth-order valence-corrected chi connectivity index (χ4v) is 4.66. The zero-order valence-corrected chi connectivity index (χ0v) is 22.4. The molecule has 3 N–H and O–H groups in total. The van der Waals surface area contributed by atoms with E-state index in [1.54, 1.807) is 12.3 Å². The number of benzene rings is 1. The largest absolute Gasteiger partial charge is 0.378 e. The lowest BCUT2D eigenvalue weighted by atomic mass is 10.1. The number of aromatic nitrogens is 5. The average molecular weight is 531 g/mol. The van der Waals surface area contributed by atoms with Crippen molar-refractivity contribution in [2.24, 2.45) is 0 Å². The number of allylic oxidation sites excluding steroid dienone is 2. The molecule has 1 fully saturated rings. The molecule has 11 nitrogen and oxygen atoms in total. The number of anilines is 1. The minimum absolute atomic E-state index is 0.0202. The lowest BCUT2D eigenvalue weighted by Crippen LogP contribution is -2.37. The Hall–Kier alpha value is -4.09. The average Bonchev–Trinajstić information content (AvgIpc) is 3.58. The van der Waals surface area contributed by atoms with Gasteiger partial charge in [0.1, 0.15) is 5.52 Å². The van der Waals surface area contributed by atoms with Gasteiger partial charge in [-0.15, -0.1) is 5.10 Å². The van der Waals surface area contributed by atoms with Crippen LogP contribution in [-0.4, -0.2) is 75.9 Å². The van der Waals surface area contributed by atoms with Gasteiger partial charge in [-0.2, -0.15) is 5.10 Å². The van der Waals surface area contributed by atoms with Crippen molar-refractivity contribution < 1.29 is 14.3 Å². The highest BCUT2D eigenvalue weighted by molar-refractivity contribution is 5.93. The normalized spacial score (nSPS) is 13.6. The van der Waals surface area contributed by atoms with E-state index in [2.05, 4.69) is 31.8 Å². The SMILES string of the molecule is CC(C)=CC(=O)CCC(=O)NCCNCc1cc2c(N3CCOCC3)nc(-c3cccc4[nH]ncc34)nn2c1. The van der Waals surface area contributed by atoms with Crippen LogP contribution in [0, 0.1) is 0 Å². The molecule has 1 amide bonds. The molecular formula is C28H34N8O3. The molecule has 1 aliphatic rings. The van der Waals surface area contributed by atoms with Gasteiger partial charge in [0, 0.05) is 62.7 Å². The van der Waals surface area contributed by atoms with Crippen molar-refractivity contribution in [3.05, 3.63) is 53.9 Å². The van der Waals surface area contributed by atoms with Crippen molar-refractivity contribution in [2.75, 3.05) is 44.3 Å². The number of H-pyrrole nitrogens is 1. The topological polar surface area (TPSA) is 130 Å². The summed E-state index contributed by atoms with van der Waals surface area (Å²) >= 11 is 0. The van der Waals surface area contributed by atoms with Crippen LogP contribution >= 0.6 is 0 Å². The second-order valence-electron chi connectivity index (χ2n) is 9.89. The van der Waals surface area contributed by atoms with Gasteiger partial charge in [-0.3, -0.25) is 14.7 Å². The standard InChI is InChI=1S/C28H34N8O3/c1-19(2)14-21(37)6-7-26(38)30-9-8-29-16-20-15-25-28(35-10-12-39-13-11-35)32-27(34-36(25)18-20)22-4-3-5-24-23(22)17-31-33-24/h3-5,14-15,17-18,29H,6-13,16H2,1-2H3,(H,30,38)(H,31,33). The highest BCUT2D eigenvalue weighted by Gasteiger charge is 2.20. The van der Waals surface area contributed by atoms with Gasteiger partial charge in [-0.25, -0.2) is 9.50 Å². The Kier molecular flexibility index (Phi) is 8.28. The van der Waals surface area contributed by atoms with Crippen LogP contribution in [0.4, 0.5) is 5.82 Å². The predicted molar refractivity (Wildman–Crippen MR) is 149 cm³/mol. The number of hydrogen-bond donors (Lipinski definition) is 3. The molecule has 4 heterocycles. The molecule has 0 radical (unpaired) electrons. The lowest BCUT2D eigenvalue weighted by molar-refractivity contribution is -0.123. The molecule has 1 aliphatic heterocycles. The Morgan fingerprint density at radius 3 is 2.82 bits per heavy atom. The van der Waals surface area contributed by atoms with Gasteiger partial charge < -0.3 is 20.3 Å². The zero-order chi connectivity index (χ0) is 27.2. The number of fused-ring (bicyclic) bond motifs is 2. The molecule has 204 valence electrons. The molecule has 11 heteroatoms. The Morgan fingerprint density at radius 2 is 2.00 bits per heavy atom. The summed E-state index contributed by atoms with van der Waals surface area (Å²) in [7, 11) is 0. The van der Waals surface area contributed by atoms with Gasteiger partial charge >= 0.3 is 0 Å². The molecule has 4 aromatic rings. The Bertz CT molecular complexity index is 1500. The maximum Gasteiger partial charge on any atom is 0.220 e. The van der Waals surface area contributed by atoms with Crippen LogP contribution in [0.1, 0.15) is 32.3 Å². The maximum atomic E-state index is 12.0. The number of carbonyl (C=O) groups excluding carboxylic acids is 2. The van der Waals surface area contributed by atoms with E-state index < -0.39 is 0 Å². The quantitative estimate of drug-likeness (QED) is 0.199. The first-order valence-electron chi connectivity index (χ1n) is 13.3. The molecular weight excluding hydrogens is 496 g/mol. The van der Waals surface area contributed by atoms with Gasteiger partial charge in [0.15, 0.2) is 17.4 Å². The first-order valence-corrected chi connectivity index (χ1v) is 13.3. The molecule has 0 unspecified atom stereocenters. The maximum absolute atomic E-state index is 12.0. The highest BCUT2D eigenvalue weighted by atomic mass is 16.5. The van der Waals surface area contributed by atoms with Gasteiger partial charge in [0.2, 0.25) is 5.91 Å². The minimum atomic E-state index is -0.118. The van der Waals surface area contributed by atoms with Crippen molar-refractivity contribution in [3.8, 4) is 11.4 Å². The minimum Gasteiger partial charge on any atom is -0.378 e. The van der Waals surface area contributed by atoms with E-state index in [0.29, 0.717) is 38.7 Å². The first kappa shape index (κ1) is 26.5. The molecule has 5 rings (SSSR count). The molecule has 39 heavy (non-hydrogen) atoms. The van der Waals surface area contributed by atoms with Crippen molar-refractivity contribution in [2.45, 2.75) is 33.2 Å². The van der Waals surface area contributed by atoms with Gasteiger partial charge in [-0.1, -0.05) is 17.7 Å². The fraction of sp³-hybridized carbons (Fsp3) is 0.393. The lowest BCUT2D eigenvalue weighted by Gasteiger charge is -2.28. The van der Waals surface area contributed by atoms with Crippen molar-refractivity contribution >= 4 is 33.9 Å². The smallest absolute Gasteiger partial charge is 0.220 e. The predicted octanol–water partition coefficient (Wildman–Crippen LogP) is 2.63. The summed E-state index contributed by atoms with van der Waals surface area (Å²) in [6.45, 7) is 8.30. The molecule has 3 aromatic heterocycles. The monoisotopic (exact) mass is 530 g/mol. The summed E-state index contributed by atoms with van der Waals surface area (Å²) in [5.41, 5.74) is 4.80. The number of ketones is 1. The molecule has 0 saturated carbocycles. The summed E-state index contributed by atoms with van der Waals surface area (Å²) in [6.07, 6.45) is 5.82. The van der Waals surface area contributed by atoms with Crippen LogP contribution in [0.2, 0.25) is 0 Å². The molecule has 0 aliphatic carbocycles. The summed E-state index contributed by atoms with van der Waals surface area (Å²) in [6, 6.07) is 8.08. The Labute approximate surface area is 226 Å². The number of nitrogens with zero attached hydrogens (tertiary/aromatic N) is 5. The fourth-order valence-electron chi connectivity index (χ4n) is 4.66. The van der Waals surface area contributed by atoms with Crippen molar-refractivity contribution in [1.29, 1.82) is 0 Å². The van der Waals surface area contributed by atoms with E-state index >= 15 is 0 Å². The second-order valence-corrected chi connectivity index (χ2v) is 9.89. The van der Waals surface area contributed by atoms with Crippen molar-refractivity contribution in [3.63, 3.8) is 0 Å². The number of hydrogen-bond acceptors (Lipinski definition) is 8. The summed E-state index contributed by atoms with van der Waals surface area (Å²) in [5, 5.41) is 19.3. The van der Waals surface area contributed by atoms with Crippen LogP contribution in [-0.2, 0) is 20.9 Å². The summed E-state index contributed by atoms with van der Waals surface area (Å²) < 4.78 is 7.47. The molecule has 0 atom stereocenters. The Balaban J connectivity index is 1.26. The van der Waals surface area contributed by atoms with E-state index in [1.807, 2.05) is 42.8 Å². The van der Waals surface area contributed by atoms with Gasteiger partial charge in [0.05, 0.1) is 24.9 Å². The third-order valence-electron chi connectivity index (χ3n) is 6.54. The van der Waals surface area contributed by atoms with Crippen molar-refractivity contribution in [1.82, 2.24) is 35.4 Å². The van der Waals surface area contributed by atoms with E-state index in [1.165, 1.54) is 0 Å². The van der Waals surface area contributed by atoms with Gasteiger partial charge in [-0.05, 0) is 37.6 Å². The van der Waals surface area contributed by atoms with E-state index in [-0.39, 0.29) is 24.5 Å². The zero-order valence-electron chi connectivity index (χ0n) is 22.4. The van der Waals surface area contributed by atoms with Crippen LogP contribution in [0.3, 0.4) is 0 Å². The van der Waals surface area contributed by atoms with Crippen LogP contribution in [0.15, 0.2) is 48.3 Å².